The monoisotopic (exact) mass is 368 g/mol. The van der Waals surface area contributed by atoms with Crippen molar-refractivity contribution in [3.8, 4) is 17.3 Å². The number of nitriles is 1. The van der Waals surface area contributed by atoms with Gasteiger partial charge in [-0.05, 0) is 25.0 Å². The molecular weight excluding hydrogens is 352 g/mol. The van der Waals surface area contributed by atoms with E-state index in [0.29, 0.717) is 23.1 Å². The lowest BCUT2D eigenvalue weighted by Gasteiger charge is -2.12. The highest BCUT2D eigenvalue weighted by Crippen LogP contribution is 2.28. The number of rotatable bonds is 5. The molecule has 0 aliphatic heterocycles. The third-order valence-corrected chi connectivity index (χ3v) is 4.52. The zero-order valence-corrected chi connectivity index (χ0v) is 14.9. The number of anilines is 3. The van der Waals surface area contributed by atoms with Crippen LogP contribution in [0.4, 0.5) is 17.3 Å². The minimum Gasteiger partial charge on any atom is -0.367 e. The largest absolute Gasteiger partial charge is 0.367 e. The molecule has 8 nitrogen and oxygen atoms in total. The van der Waals surface area contributed by atoms with Crippen LogP contribution < -0.4 is 10.6 Å². The van der Waals surface area contributed by atoms with Crippen molar-refractivity contribution in [3.63, 3.8) is 0 Å². The van der Waals surface area contributed by atoms with Crippen LogP contribution in [0.15, 0.2) is 55.1 Å². The van der Waals surface area contributed by atoms with Gasteiger partial charge in [-0.2, -0.15) is 14.9 Å². The second-order valence-corrected chi connectivity index (χ2v) is 6.65. The van der Waals surface area contributed by atoms with Crippen molar-refractivity contribution in [2.45, 2.75) is 18.9 Å². The van der Waals surface area contributed by atoms with Gasteiger partial charge in [0.25, 0.3) is 0 Å². The van der Waals surface area contributed by atoms with Crippen molar-refractivity contribution < 1.29 is 0 Å². The highest BCUT2D eigenvalue weighted by molar-refractivity contribution is 5.70. The lowest BCUT2D eigenvalue weighted by atomic mass is 10.1. The first-order chi connectivity index (χ1) is 13.8. The molecule has 1 fully saturated rings. The van der Waals surface area contributed by atoms with Crippen molar-refractivity contribution in [2.75, 3.05) is 10.6 Å². The zero-order chi connectivity index (χ0) is 18.9. The molecule has 0 saturated heterocycles. The van der Waals surface area contributed by atoms with Gasteiger partial charge in [-0.3, -0.25) is 9.97 Å². The van der Waals surface area contributed by atoms with Gasteiger partial charge < -0.3 is 10.6 Å². The van der Waals surface area contributed by atoms with Crippen LogP contribution in [0, 0.1) is 11.3 Å². The number of nitrogens with zero attached hydrogens (tertiary/aromatic N) is 6. The molecule has 3 aromatic heterocycles. The molecule has 3 heterocycles. The summed E-state index contributed by atoms with van der Waals surface area (Å²) in [6.45, 7) is 0. The molecule has 5 rings (SSSR count). The van der Waals surface area contributed by atoms with Crippen molar-refractivity contribution in [2.24, 2.45) is 0 Å². The molecule has 0 bridgehead atoms. The van der Waals surface area contributed by atoms with E-state index in [2.05, 4.69) is 36.8 Å². The summed E-state index contributed by atoms with van der Waals surface area (Å²) in [5, 5.41) is 20.4. The Hall–Kier alpha value is -3.99. The van der Waals surface area contributed by atoms with Gasteiger partial charge in [0.15, 0.2) is 5.65 Å². The first-order valence-corrected chi connectivity index (χ1v) is 8.99. The van der Waals surface area contributed by atoms with E-state index in [1.165, 1.54) is 0 Å². The fourth-order valence-electron chi connectivity index (χ4n) is 3.00. The maximum Gasteiger partial charge on any atom is 0.177 e. The van der Waals surface area contributed by atoms with Crippen LogP contribution in [-0.4, -0.2) is 30.6 Å². The fraction of sp³-hybridized carbons (Fsp3) is 0.150. The normalized spacial score (nSPS) is 13.2. The topological polar surface area (TPSA) is 104 Å². The predicted molar refractivity (Wildman–Crippen MR) is 105 cm³/mol. The lowest BCUT2D eigenvalue weighted by molar-refractivity contribution is 0.926. The number of nitrogens with one attached hydrogen (secondary N) is 2. The Morgan fingerprint density at radius 1 is 1.14 bits per heavy atom. The van der Waals surface area contributed by atoms with Crippen molar-refractivity contribution in [1.29, 1.82) is 5.26 Å². The van der Waals surface area contributed by atoms with Gasteiger partial charge >= 0.3 is 0 Å². The summed E-state index contributed by atoms with van der Waals surface area (Å²) in [6.07, 6.45) is 8.87. The Labute approximate surface area is 160 Å². The first-order valence-electron chi connectivity index (χ1n) is 8.99. The van der Waals surface area contributed by atoms with Gasteiger partial charge in [-0.15, -0.1) is 0 Å². The van der Waals surface area contributed by atoms with Crippen LogP contribution in [-0.2, 0) is 0 Å². The molecule has 0 radical (unpaired) electrons. The van der Waals surface area contributed by atoms with E-state index in [0.717, 1.165) is 35.6 Å². The summed E-state index contributed by atoms with van der Waals surface area (Å²) in [5.41, 5.74) is 3.60. The molecule has 8 heteroatoms. The van der Waals surface area contributed by atoms with Crippen LogP contribution >= 0.6 is 0 Å². The zero-order valence-electron chi connectivity index (χ0n) is 14.9. The Morgan fingerprint density at radius 2 is 2.07 bits per heavy atom. The third kappa shape index (κ3) is 3.10. The van der Waals surface area contributed by atoms with E-state index in [1.54, 1.807) is 29.3 Å². The minimum absolute atomic E-state index is 0.441. The lowest BCUT2D eigenvalue weighted by Crippen LogP contribution is -2.09. The number of hydrogen-bond acceptors (Lipinski definition) is 7. The standard InChI is InChI=1S/C20H16N8/c21-10-14-11-24-28-19(26-15-4-5-15)9-18(27-20(14)28)25-16-3-1-2-13(8-16)17-12-22-6-7-23-17/h1-3,6-9,11-12,15,26H,4-5H2,(H,25,27). The van der Waals surface area contributed by atoms with Crippen molar-refractivity contribution in [1.82, 2.24) is 24.6 Å². The Morgan fingerprint density at radius 3 is 2.86 bits per heavy atom. The predicted octanol–water partition coefficient (Wildman–Crippen LogP) is 3.38. The second-order valence-electron chi connectivity index (χ2n) is 6.65. The van der Waals surface area contributed by atoms with Gasteiger partial charge in [0.1, 0.15) is 23.3 Å². The van der Waals surface area contributed by atoms with E-state index in [-0.39, 0.29) is 0 Å². The molecule has 4 aromatic rings. The molecule has 136 valence electrons. The number of benzene rings is 1. The summed E-state index contributed by atoms with van der Waals surface area (Å²) in [7, 11) is 0. The first kappa shape index (κ1) is 16.2. The maximum atomic E-state index is 9.36. The molecule has 2 N–H and O–H groups in total. The summed E-state index contributed by atoms with van der Waals surface area (Å²) in [5.74, 6) is 1.46. The second kappa shape index (κ2) is 6.63. The van der Waals surface area contributed by atoms with Crippen molar-refractivity contribution in [3.05, 3.63) is 60.7 Å². The van der Waals surface area contributed by atoms with E-state index in [1.807, 2.05) is 30.3 Å². The van der Waals surface area contributed by atoms with E-state index in [4.69, 9.17) is 0 Å². The molecule has 28 heavy (non-hydrogen) atoms. The van der Waals surface area contributed by atoms with Crippen LogP contribution in [0.5, 0.6) is 0 Å². The molecule has 0 unspecified atom stereocenters. The quantitative estimate of drug-likeness (QED) is 0.556. The molecule has 0 atom stereocenters. The molecular formula is C20H16N8. The molecule has 1 aromatic carbocycles. The summed E-state index contributed by atoms with van der Waals surface area (Å²) < 4.78 is 1.68. The average Bonchev–Trinajstić information content (AvgIpc) is 3.45. The summed E-state index contributed by atoms with van der Waals surface area (Å²) >= 11 is 0. The SMILES string of the molecule is N#Cc1cnn2c(NC3CC3)cc(Nc3cccc(-c4cnccn4)c3)nc12. The van der Waals surface area contributed by atoms with Crippen LogP contribution in [0.3, 0.4) is 0 Å². The van der Waals surface area contributed by atoms with Crippen LogP contribution in [0.1, 0.15) is 18.4 Å². The van der Waals surface area contributed by atoms with Gasteiger partial charge in [0.2, 0.25) is 0 Å². The molecule has 1 aliphatic rings. The molecule has 0 spiro atoms. The molecule has 1 aliphatic carbocycles. The van der Waals surface area contributed by atoms with Crippen LogP contribution in [0.2, 0.25) is 0 Å². The van der Waals surface area contributed by atoms with Crippen LogP contribution in [0.25, 0.3) is 16.9 Å². The number of hydrogen-bond donors (Lipinski definition) is 2. The summed E-state index contributed by atoms with van der Waals surface area (Å²) in [4.78, 5) is 13.1. The molecule has 1 saturated carbocycles. The minimum atomic E-state index is 0.441. The van der Waals surface area contributed by atoms with Gasteiger partial charge in [-0.25, -0.2) is 4.98 Å². The average molecular weight is 368 g/mol. The highest BCUT2D eigenvalue weighted by atomic mass is 15.3. The van der Waals surface area contributed by atoms with Gasteiger partial charge in [0.05, 0.1) is 18.1 Å². The van der Waals surface area contributed by atoms with Gasteiger partial charge in [-0.1, -0.05) is 12.1 Å². The highest BCUT2D eigenvalue weighted by Gasteiger charge is 2.23. The van der Waals surface area contributed by atoms with E-state index < -0.39 is 0 Å². The fourth-order valence-corrected chi connectivity index (χ4v) is 3.00. The smallest absolute Gasteiger partial charge is 0.177 e. The van der Waals surface area contributed by atoms with E-state index in [9.17, 15) is 5.26 Å². The number of fused-ring (bicyclic) bond motifs is 1. The summed E-state index contributed by atoms with van der Waals surface area (Å²) in [6, 6.07) is 12.4. The van der Waals surface area contributed by atoms with Gasteiger partial charge in [0, 0.05) is 35.8 Å². The third-order valence-electron chi connectivity index (χ3n) is 4.52. The Balaban J connectivity index is 1.52. The number of aromatic nitrogens is 5. The Bertz CT molecular complexity index is 1190. The Kier molecular flexibility index (Phi) is 3.84. The van der Waals surface area contributed by atoms with Crippen molar-refractivity contribution >= 4 is 23.0 Å². The van der Waals surface area contributed by atoms with E-state index >= 15 is 0 Å². The maximum absolute atomic E-state index is 9.36. The molecule has 0 amide bonds.